The first-order valence-corrected chi connectivity index (χ1v) is 13.7. The fraction of sp³-hybridized carbons (Fsp3) is 0.478. The van der Waals surface area contributed by atoms with Gasteiger partial charge in [0.1, 0.15) is 17.6 Å². The molecule has 13 heteroatoms. The number of rotatable bonds is 7. The van der Waals surface area contributed by atoms with Crippen LogP contribution >= 0.6 is 7.60 Å². The van der Waals surface area contributed by atoms with Crippen molar-refractivity contribution in [3.8, 4) is 11.4 Å². The number of anilines is 1. The van der Waals surface area contributed by atoms with E-state index in [1.807, 2.05) is 37.4 Å². The van der Waals surface area contributed by atoms with Gasteiger partial charge in [0, 0.05) is 64.0 Å². The van der Waals surface area contributed by atoms with Gasteiger partial charge in [-0.3, -0.25) is 14.2 Å². The quantitative estimate of drug-likeness (QED) is 0.357. The zero-order chi connectivity index (χ0) is 25.7. The third-order valence-corrected chi connectivity index (χ3v) is 7.10. The van der Waals surface area contributed by atoms with Crippen molar-refractivity contribution in [3.05, 3.63) is 42.1 Å². The molecule has 36 heavy (non-hydrogen) atoms. The number of benzene rings is 1. The largest absolute Gasteiger partial charge is 0.354 e. The first kappa shape index (κ1) is 26.2. The second-order valence-corrected chi connectivity index (χ2v) is 10.7. The van der Waals surface area contributed by atoms with Gasteiger partial charge in [-0.2, -0.15) is 0 Å². The van der Waals surface area contributed by atoms with Gasteiger partial charge in [0.15, 0.2) is 5.82 Å². The van der Waals surface area contributed by atoms with E-state index in [9.17, 15) is 23.9 Å². The minimum absolute atomic E-state index is 0.0293. The number of hydrogen-bond acceptors (Lipinski definition) is 8. The molecule has 2 saturated heterocycles. The molecule has 2 amide bonds. The van der Waals surface area contributed by atoms with Crippen molar-refractivity contribution in [1.29, 1.82) is 0 Å². The molecular formula is C23H32N7O5P. The second-order valence-electron chi connectivity index (χ2n) is 9.04. The van der Waals surface area contributed by atoms with Gasteiger partial charge < -0.3 is 35.1 Å². The molecule has 0 radical (unpaired) electrons. The first-order valence-electron chi connectivity index (χ1n) is 11.9. The highest BCUT2D eigenvalue weighted by Crippen LogP contribution is 2.35. The Morgan fingerprint density at radius 1 is 1.06 bits per heavy atom. The standard InChI is InChI=1S/C23H32N7O5P/c1-28-11-13-29(14-12-28)20-15-18(25-21(27-20)17-5-3-2-4-6-17)22(31)26-19(16-36(33,34)35)23(32)30-9-7-24-8-10-30/h2-6,15,19,24H,7-14,16H2,1H3,(H,26,31)(H2,33,34,35). The Hall–Kier alpha value is -2.89. The van der Waals surface area contributed by atoms with Gasteiger partial charge in [0.2, 0.25) is 5.91 Å². The molecule has 194 valence electrons. The summed E-state index contributed by atoms with van der Waals surface area (Å²) in [7, 11) is -2.55. The molecule has 4 rings (SSSR count). The fourth-order valence-corrected chi connectivity index (χ4v) is 4.95. The van der Waals surface area contributed by atoms with Gasteiger partial charge in [-0.15, -0.1) is 0 Å². The van der Waals surface area contributed by atoms with E-state index in [0.717, 1.165) is 31.7 Å². The van der Waals surface area contributed by atoms with E-state index in [4.69, 9.17) is 4.98 Å². The molecule has 1 atom stereocenters. The predicted molar refractivity (Wildman–Crippen MR) is 135 cm³/mol. The molecule has 2 fully saturated rings. The van der Waals surface area contributed by atoms with Gasteiger partial charge >= 0.3 is 7.60 Å². The lowest BCUT2D eigenvalue weighted by atomic mass is 10.2. The molecule has 2 aliphatic heterocycles. The Kier molecular flexibility index (Phi) is 8.32. The number of nitrogens with one attached hydrogen (secondary N) is 2. The van der Waals surface area contributed by atoms with Crippen LogP contribution in [-0.4, -0.2) is 113 Å². The molecule has 2 aliphatic rings. The third kappa shape index (κ3) is 6.86. The second kappa shape index (κ2) is 11.4. The Balaban J connectivity index is 1.63. The summed E-state index contributed by atoms with van der Waals surface area (Å²) in [6, 6.07) is 9.45. The lowest BCUT2D eigenvalue weighted by Gasteiger charge is -2.33. The number of aromatic nitrogens is 2. The molecule has 1 aromatic carbocycles. The summed E-state index contributed by atoms with van der Waals surface area (Å²) in [5, 5.41) is 5.67. The van der Waals surface area contributed by atoms with E-state index in [1.165, 1.54) is 4.90 Å². The first-order chi connectivity index (χ1) is 17.2. The van der Waals surface area contributed by atoms with Crippen LogP contribution in [-0.2, 0) is 9.36 Å². The summed E-state index contributed by atoms with van der Waals surface area (Å²) in [5.74, 6) is -0.268. The lowest BCUT2D eigenvalue weighted by Crippen LogP contribution is -2.55. The van der Waals surface area contributed by atoms with Crippen molar-refractivity contribution in [1.82, 2.24) is 30.4 Å². The van der Waals surface area contributed by atoms with E-state index in [0.29, 0.717) is 37.8 Å². The van der Waals surface area contributed by atoms with E-state index in [1.54, 1.807) is 6.07 Å². The number of likely N-dealkylation sites (N-methyl/N-ethyl adjacent to an activating group) is 1. The summed E-state index contributed by atoms with van der Waals surface area (Å²) in [5.41, 5.74) is 0.757. The van der Waals surface area contributed by atoms with Gasteiger partial charge in [-0.05, 0) is 7.05 Å². The monoisotopic (exact) mass is 517 g/mol. The zero-order valence-corrected chi connectivity index (χ0v) is 21.1. The van der Waals surface area contributed by atoms with Crippen LogP contribution in [0, 0.1) is 0 Å². The number of hydrogen-bond donors (Lipinski definition) is 4. The average molecular weight is 518 g/mol. The van der Waals surface area contributed by atoms with Crippen LogP contribution in [0.25, 0.3) is 11.4 Å². The molecule has 3 heterocycles. The average Bonchev–Trinajstić information content (AvgIpc) is 2.88. The van der Waals surface area contributed by atoms with Crippen molar-refractivity contribution < 1.29 is 23.9 Å². The van der Waals surface area contributed by atoms with Gasteiger partial charge in [0.05, 0.1) is 6.16 Å². The number of amides is 2. The zero-order valence-electron chi connectivity index (χ0n) is 20.2. The van der Waals surface area contributed by atoms with Crippen LogP contribution in [0.3, 0.4) is 0 Å². The minimum atomic E-state index is -4.59. The molecule has 0 bridgehead atoms. The highest BCUT2D eigenvalue weighted by atomic mass is 31.2. The SMILES string of the molecule is CN1CCN(c2cc(C(=O)NC(CP(=O)(O)O)C(=O)N3CCNCC3)nc(-c3ccccc3)n2)CC1. The van der Waals surface area contributed by atoms with E-state index in [2.05, 4.69) is 25.4 Å². The lowest BCUT2D eigenvalue weighted by molar-refractivity contribution is -0.133. The summed E-state index contributed by atoms with van der Waals surface area (Å²) in [6.45, 7) is 5.07. The van der Waals surface area contributed by atoms with Crippen LogP contribution in [0.1, 0.15) is 10.5 Å². The number of carbonyl (C=O) groups is 2. The fourth-order valence-electron chi connectivity index (χ4n) is 4.23. The molecule has 0 spiro atoms. The summed E-state index contributed by atoms with van der Waals surface area (Å²) in [4.78, 5) is 60.5. The maximum absolute atomic E-state index is 13.3. The Morgan fingerprint density at radius 3 is 2.36 bits per heavy atom. The predicted octanol–water partition coefficient (Wildman–Crippen LogP) is -0.397. The van der Waals surface area contributed by atoms with Crippen molar-refractivity contribution in [2.24, 2.45) is 0 Å². The van der Waals surface area contributed by atoms with E-state index in [-0.39, 0.29) is 5.69 Å². The van der Waals surface area contributed by atoms with Crippen molar-refractivity contribution in [2.75, 3.05) is 70.5 Å². The molecule has 2 aromatic rings. The molecule has 4 N–H and O–H groups in total. The minimum Gasteiger partial charge on any atom is -0.354 e. The normalized spacial score (nSPS) is 18.1. The number of piperazine rings is 2. The summed E-state index contributed by atoms with van der Waals surface area (Å²) >= 11 is 0. The van der Waals surface area contributed by atoms with Crippen LogP contribution in [0.15, 0.2) is 36.4 Å². The maximum atomic E-state index is 13.3. The van der Waals surface area contributed by atoms with Gasteiger partial charge in [-0.25, -0.2) is 9.97 Å². The van der Waals surface area contributed by atoms with Crippen LogP contribution < -0.4 is 15.5 Å². The van der Waals surface area contributed by atoms with Crippen LogP contribution in [0.5, 0.6) is 0 Å². The van der Waals surface area contributed by atoms with Gasteiger partial charge in [-0.1, -0.05) is 30.3 Å². The van der Waals surface area contributed by atoms with Crippen molar-refractivity contribution >= 4 is 25.2 Å². The topological polar surface area (TPSA) is 151 Å². The molecule has 0 aliphatic carbocycles. The maximum Gasteiger partial charge on any atom is 0.328 e. The molecule has 1 unspecified atom stereocenters. The highest BCUT2D eigenvalue weighted by Gasteiger charge is 2.33. The van der Waals surface area contributed by atoms with Gasteiger partial charge in [0.25, 0.3) is 5.91 Å². The number of carbonyl (C=O) groups excluding carboxylic acids is 2. The van der Waals surface area contributed by atoms with E-state index >= 15 is 0 Å². The Labute approximate surface area is 209 Å². The van der Waals surface area contributed by atoms with Crippen LogP contribution in [0.2, 0.25) is 0 Å². The molecular weight excluding hydrogens is 485 g/mol. The Morgan fingerprint density at radius 2 is 1.72 bits per heavy atom. The molecule has 0 saturated carbocycles. The van der Waals surface area contributed by atoms with Crippen LogP contribution in [0.4, 0.5) is 5.82 Å². The summed E-state index contributed by atoms with van der Waals surface area (Å²) in [6.07, 6.45) is -0.788. The van der Waals surface area contributed by atoms with Crippen molar-refractivity contribution in [3.63, 3.8) is 0 Å². The van der Waals surface area contributed by atoms with Crippen molar-refractivity contribution in [2.45, 2.75) is 6.04 Å². The highest BCUT2D eigenvalue weighted by molar-refractivity contribution is 7.51. The number of nitrogens with zero attached hydrogens (tertiary/aromatic N) is 5. The smallest absolute Gasteiger partial charge is 0.328 e. The Bertz CT molecular complexity index is 1120. The molecule has 1 aromatic heterocycles. The van der Waals surface area contributed by atoms with E-state index < -0.39 is 31.6 Å². The summed E-state index contributed by atoms with van der Waals surface area (Å²) < 4.78 is 11.8. The molecule has 12 nitrogen and oxygen atoms in total. The third-order valence-electron chi connectivity index (χ3n) is 6.26.